The molecule has 1 fully saturated rings. The maximum absolute atomic E-state index is 12.4. The molecule has 19 heavy (non-hydrogen) atoms. The normalized spacial score (nSPS) is 21.7. The number of rotatable bonds is 3. The Morgan fingerprint density at radius 2 is 2.11 bits per heavy atom. The van der Waals surface area contributed by atoms with Gasteiger partial charge in [-0.3, -0.25) is 9.59 Å². The largest absolute Gasteiger partial charge is 0.343 e. The lowest BCUT2D eigenvalue weighted by atomic mass is 10.00. The van der Waals surface area contributed by atoms with Gasteiger partial charge in [0.1, 0.15) is 17.6 Å². The van der Waals surface area contributed by atoms with E-state index in [1.807, 2.05) is 33.1 Å². The molecule has 0 spiro atoms. The Morgan fingerprint density at radius 1 is 1.42 bits per heavy atom. The van der Waals surface area contributed by atoms with Gasteiger partial charge in [-0.15, -0.1) is 11.3 Å². The first kappa shape index (κ1) is 14.0. The van der Waals surface area contributed by atoms with Crippen LogP contribution in [0.2, 0.25) is 0 Å². The van der Waals surface area contributed by atoms with Crippen LogP contribution in [0.1, 0.15) is 37.5 Å². The standard InChI is InChI=1S/C13H19N3O2S/c1-7(2)11-13(18)16(5-10(17)15-11)9(4)12-14-8(3)6-19-12/h6-7,9,11H,5H2,1-4H3,(H,15,17). The van der Waals surface area contributed by atoms with Crippen LogP contribution >= 0.6 is 11.3 Å². The number of nitrogens with zero attached hydrogens (tertiary/aromatic N) is 2. The van der Waals surface area contributed by atoms with Crippen LogP contribution in [0.4, 0.5) is 0 Å². The van der Waals surface area contributed by atoms with Crippen LogP contribution in [0.3, 0.4) is 0 Å². The van der Waals surface area contributed by atoms with E-state index in [-0.39, 0.29) is 30.3 Å². The zero-order valence-electron chi connectivity index (χ0n) is 11.6. The maximum Gasteiger partial charge on any atom is 0.246 e. The van der Waals surface area contributed by atoms with Gasteiger partial charge in [0.25, 0.3) is 0 Å². The molecule has 1 aliphatic heterocycles. The van der Waals surface area contributed by atoms with E-state index in [9.17, 15) is 9.59 Å². The van der Waals surface area contributed by atoms with Crippen molar-refractivity contribution in [2.24, 2.45) is 5.92 Å². The highest BCUT2D eigenvalue weighted by Crippen LogP contribution is 2.26. The molecule has 2 atom stereocenters. The van der Waals surface area contributed by atoms with E-state index >= 15 is 0 Å². The summed E-state index contributed by atoms with van der Waals surface area (Å²) in [5.74, 6) is -0.0298. The van der Waals surface area contributed by atoms with Crippen molar-refractivity contribution in [3.63, 3.8) is 0 Å². The molecule has 2 unspecified atom stereocenters. The van der Waals surface area contributed by atoms with Gasteiger partial charge in [-0.1, -0.05) is 13.8 Å². The zero-order valence-corrected chi connectivity index (χ0v) is 12.5. The van der Waals surface area contributed by atoms with E-state index in [1.165, 1.54) is 11.3 Å². The van der Waals surface area contributed by atoms with Crippen molar-refractivity contribution < 1.29 is 9.59 Å². The first-order valence-electron chi connectivity index (χ1n) is 6.42. The Balaban J connectivity index is 2.22. The molecular weight excluding hydrogens is 262 g/mol. The Hall–Kier alpha value is -1.43. The molecule has 2 rings (SSSR count). The number of thiazole rings is 1. The molecule has 5 nitrogen and oxygen atoms in total. The Bertz CT molecular complexity index is 498. The molecule has 0 aliphatic carbocycles. The van der Waals surface area contributed by atoms with Gasteiger partial charge in [0.2, 0.25) is 11.8 Å². The Labute approximate surface area is 117 Å². The van der Waals surface area contributed by atoms with E-state index in [2.05, 4.69) is 10.3 Å². The van der Waals surface area contributed by atoms with Gasteiger partial charge in [0.05, 0.1) is 6.04 Å². The summed E-state index contributed by atoms with van der Waals surface area (Å²) in [5, 5.41) is 5.60. The van der Waals surface area contributed by atoms with Gasteiger partial charge in [0.15, 0.2) is 0 Å². The third kappa shape index (κ3) is 2.78. The number of aromatic nitrogens is 1. The molecule has 2 heterocycles. The Morgan fingerprint density at radius 3 is 2.63 bits per heavy atom. The van der Waals surface area contributed by atoms with Crippen LogP contribution in [-0.4, -0.2) is 34.3 Å². The molecule has 0 radical (unpaired) electrons. The molecule has 0 bridgehead atoms. The topological polar surface area (TPSA) is 62.3 Å². The van der Waals surface area contributed by atoms with Crippen LogP contribution in [0.15, 0.2) is 5.38 Å². The second kappa shape index (κ2) is 5.28. The van der Waals surface area contributed by atoms with Crippen LogP contribution in [0, 0.1) is 12.8 Å². The van der Waals surface area contributed by atoms with Crippen molar-refractivity contribution in [3.8, 4) is 0 Å². The van der Waals surface area contributed by atoms with Gasteiger partial charge in [-0.25, -0.2) is 4.98 Å². The first-order chi connectivity index (χ1) is 8.90. The number of hydrogen-bond donors (Lipinski definition) is 1. The average molecular weight is 281 g/mol. The van der Waals surface area contributed by atoms with Crippen LogP contribution in [-0.2, 0) is 9.59 Å². The summed E-state index contributed by atoms with van der Waals surface area (Å²) >= 11 is 1.53. The fraction of sp³-hybridized carbons (Fsp3) is 0.615. The van der Waals surface area contributed by atoms with Crippen molar-refractivity contribution >= 4 is 23.2 Å². The van der Waals surface area contributed by atoms with Gasteiger partial charge in [0, 0.05) is 11.1 Å². The van der Waals surface area contributed by atoms with E-state index in [1.54, 1.807) is 4.90 Å². The van der Waals surface area contributed by atoms with Crippen molar-refractivity contribution in [2.45, 2.75) is 39.8 Å². The van der Waals surface area contributed by atoms with Crippen molar-refractivity contribution in [2.75, 3.05) is 6.54 Å². The van der Waals surface area contributed by atoms with Crippen molar-refractivity contribution in [1.29, 1.82) is 0 Å². The fourth-order valence-electron chi connectivity index (χ4n) is 2.17. The quantitative estimate of drug-likeness (QED) is 0.913. The fourth-order valence-corrected chi connectivity index (χ4v) is 3.03. The SMILES string of the molecule is Cc1csc(C(C)N2CC(=O)NC(C(C)C)C2=O)n1. The van der Waals surface area contributed by atoms with Gasteiger partial charge < -0.3 is 10.2 Å². The molecule has 1 saturated heterocycles. The number of carbonyl (C=O) groups excluding carboxylic acids is 2. The summed E-state index contributed by atoms with van der Waals surface area (Å²) in [7, 11) is 0. The maximum atomic E-state index is 12.4. The van der Waals surface area contributed by atoms with Crippen molar-refractivity contribution in [3.05, 3.63) is 16.1 Å². The van der Waals surface area contributed by atoms with Crippen molar-refractivity contribution in [1.82, 2.24) is 15.2 Å². The van der Waals surface area contributed by atoms with Gasteiger partial charge in [-0.2, -0.15) is 0 Å². The highest BCUT2D eigenvalue weighted by Gasteiger charge is 2.37. The van der Waals surface area contributed by atoms with Gasteiger partial charge >= 0.3 is 0 Å². The molecule has 1 aliphatic rings. The van der Waals surface area contributed by atoms with E-state index in [4.69, 9.17) is 0 Å². The molecule has 104 valence electrons. The van der Waals surface area contributed by atoms with E-state index < -0.39 is 6.04 Å². The average Bonchev–Trinajstić information content (AvgIpc) is 2.77. The van der Waals surface area contributed by atoms with E-state index in [0.29, 0.717) is 0 Å². The van der Waals surface area contributed by atoms with Crippen LogP contribution in [0.25, 0.3) is 0 Å². The third-order valence-corrected chi connectivity index (χ3v) is 4.44. The second-order valence-corrected chi connectivity index (χ2v) is 6.15. The van der Waals surface area contributed by atoms with E-state index in [0.717, 1.165) is 10.7 Å². The third-order valence-electron chi connectivity index (χ3n) is 3.31. The number of nitrogens with one attached hydrogen (secondary N) is 1. The summed E-state index contributed by atoms with van der Waals surface area (Å²) in [5.41, 5.74) is 0.946. The summed E-state index contributed by atoms with van der Waals surface area (Å²) in [6, 6.07) is -0.580. The van der Waals surface area contributed by atoms with Crippen LogP contribution < -0.4 is 5.32 Å². The van der Waals surface area contributed by atoms with Gasteiger partial charge in [-0.05, 0) is 19.8 Å². The molecule has 1 N–H and O–H groups in total. The molecule has 0 aromatic carbocycles. The molecule has 0 saturated carbocycles. The monoisotopic (exact) mass is 281 g/mol. The summed E-state index contributed by atoms with van der Waals surface area (Å²) in [4.78, 5) is 30.2. The second-order valence-electron chi connectivity index (χ2n) is 5.26. The highest BCUT2D eigenvalue weighted by atomic mass is 32.1. The predicted molar refractivity (Wildman–Crippen MR) is 73.7 cm³/mol. The summed E-state index contributed by atoms with van der Waals surface area (Å²) in [6.45, 7) is 7.83. The molecule has 1 aromatic heterocycles. The minimum absolute atomic E-state index is 0.0186. The molecule has 6 heteroatoms. The first-order valence-corrected chi connectivity index (χ1v) is 7.30. The number of aryl methyl sites for hydroxylation is 1. The minimum atomic E-state index is -0.426. The number of amides is 2. The zero-order chi connectivity index (χ0) is 14.2. The molecule has 2 amide bonds. The highest BCUT2D eigenvalue weighted by molar-refractivity contribution is 7.09. The lowest BCUT2D eigenvalue weighted by molar-refractivity contribution is -0.147. The molecule has 1 aromatic rings. The van der Waals surface area contributed by atoms with Crippen LogP contribution in [0.5, 0.6) is 0 Å². The number of carbonyl (C=O) groups is 2. The Kier molecular flexibility index (Phi) is 3.89. The predicted octanol–water partition coefficient (Wildman–Crippen LogP) is 1.50. The smallest absolute Gasteiger partial charge is 0.246 e. The molecular formula is C13H19N3O2S. The summed E-state index contributed by atoms with van der Waals surface area (Å²) < 4.78 is 0. The number of piperazine rings is 1. The number of hydrogen-bond acceptors (Lipinski definition) is 4. The lowest BCUT2D eigenvalue weighted by Gasteiger charge is -2.37. The minimum Gasteiger partial charge on any atom is -0.343 e. The summed E-state index contributed by atoms with van der Waals surface area (Å²) in [6.07, 6.45) is 0. The lowest BCUT2D eigenvalue weighted by Crippen LogP contribution is -2.60.